The lowest BCUT2D eigenvalue weighted by molar-refractivity contribution is 0.136. The van der Waals surface area contributed by atoms with Gasteiger partial charge in [0.25, 0.3) is 0 Å². The quantitative estimate of drug-likeness (QED) is 0.668. The molecule has 1 aromatic heterocycles. The average Bonchev–Trinajstić information content (AvgIpc) is 2.42. The fraction of sp³-hybridized carbons (Fsp3) is 0.688. The molecule has 0 radical (unpaired) electrons. The van der Waals surface area contributed by atoms with Gasteiger partial charge in [-0.3, -0.25) is 4.98 Å². The standard InChI is InChI=1S/C16H28N2O2/c1-5-8-18-16(7-9-19-6-2)14-10-15(12-17-11-14)20-13(3)4/h10-13,16,18H,5-9H2,1-4H3. The van der Waals surface area contributed by atoms with Gasteiger partial charge >= 0.3 is 0 Å². The molecule has 1 unspecified atom stereocenters. The van der Waals surface area contributed by atoms with E-state index in [9.17, 15) is 0 Å². The zero-order valence-electron chi connectivity index (χ0n) is 13.2. The number of nitrogens with zero attached hydrogens (tertiary/aromatic N) is 1. The molecule has 4 heteroatoms. The number of nitrogens with one attached hydrogen (secondary N) is 1. The third-order valence-corrected chi connectivity index (χ3v) is 2.90. The number of rotatable bonds is 10. The zero-order valence-corrected chi connectivity index (χ0v) is 13.2. The molecule has 0 saturated heterocycles. The summed E-state index contributed by atoms with van der Waals surface area (Å²) in [6.45, 7) is 10.7. The Hall–Kier alpha value is -1.13. The zero-order chi connectivity index (χ0) is 14.8. The van der Waals surface area contributed by atoms with Crippen molar-refractivity contribution in [3.63, 3.8) is 0 Å². The number of ether oxygens (including phenoxy) is 2. The molecule has 1 heterocycles. The molecule has 20 heavy (non-hydrogen) atoms. The molecule has 0 spiro atoms. The maximum Gasteiger partial charge on any atom is 0.138 e. The molecule has 0 bridgehead atoms. The van der Waals surface area contributed by atoms with Crippen LogP contribution in [0.1, 0.15) is 52.1 Å². The summed E-state index contributed by atoms with van der Waals surface area (Å²) in [7, 11) is 0. The topological polar surface area (TPSA) is 43.4 Å². The highest BCUT2D eigenvalue weighted by atomic mass is 16.5. The molecule has 0 saturated carbocycles. The summed E-state index contributed by atoms with van der Waals surface area (Å²) in [6.07, 6.45) is 5.90. The van der Waals surface area contributed by atoms with Crippen LogP contribution in [-0.2, 0) is 4.74 Å². The number of hydrogen-bond acceptors (Lipinski definition) is 4. The minimum atomic E-state index is 0.164. The molecule has 4 nitrogen and oxygen atoms in total. The summed E-state index contributed by atoms with van der Waals surface area (Å²) in [5.74, 6) is 0.831. The van der Waals surface area contributed by atoms with Gasteiger partial charge in [0.2, 0.25) is 0 Å². The molecule has 1 atom stereocenters. The van der Waals surface area contributed by atoms with Gasteiger partial charge in [0, 0.05) is 25.5 Å². The molecular formula is C16H28N2O2. The predicted octanol–water partition coefficient (Wildman–Crippen LogP) is 3.34. The first-order valence-corrected chi connectivity index (χ1v) is 7.60. The van der Waals surface area contributed by atoms with Crippen molar-refractivity contribution in [2.24, 2.45) is 0 Å². The maximum atomic E-state index is 5.71. The van der Waals surface area contributed by atoms with Crippen LogP contribution in [0.4, 0.5) is 0 Å². The van der Waals surface area contributed by atoms with Crippen LogP contribution in [0.5, 0.6) is 5.75 Å². The minimum Gasteiger partial charge on any atom is -0.489 e. The van der Waals surface area contributed by atoms with Gasteiger partial charge in [0.15, 0.2) is 0 Å². The van der Waals surface area contributed by atoms with Gasteiger partial charge in [-0.25, -0.2) is 0 Å². The van der Waals surface area contributed by atoms with E-state index in [0.717, 1.165) is 43.9 Å². The second-order valence-corrected chi connectivity index (χ2v) is 5.11. The van der Waals surface area contributed by atoms with Crippen LogP contribution in [0.2, 0.25) is 0 Å². The number of pyridine rings is 1. The van der Waals surface area contributed by atoms with E-state index in [1.54, 1.807) is 6.20 Å². The highest BCUT2D eigenvalue weighted by Gasteiger charge is 2.12. The van der Waals surface area contributed by atoms with E-state index < -0.39 is 0 Å². The number of aromatic nitrogens is 1. The first-order chi connectivity index (χ1) is 9.67. The van der Waals surface area contributed by atoms with E-state index in [4.69, 9.17) is 9.47 Å². The SMILES string of the molecule is CCCNC(CCOCC)c1cncc(OC(C)C)c1. The Morgan fingerprint density at radius 3 is 2.70 bits per heavy atom. The lowest BCUT2D eigenvalue weighted by Gasteiger charge is -2.19. The molecule has 0 fully saturated rings. The second kappa shape index (κ2) is 9.72. The largest absolute Gasteiger partial charge is 0.489 e. The summed E-state index contributed by atoms with van der Waals surface area (Å²) < 4.78 is 11.2. The van der Waals surface area contributed by atoms with Gasteiger partial charge in [-0.05, 0) is 51.8 Å². The Bertz CT molecular complexity index is 369. The van der Waals surface area contributed by atoms with E-state index in [2.05, 4.69) is 23.3 Å². The van der Waals surface area contributed by atoms with Crippen molar-refractivity contribution in [1.82, 2.24) is 10.3 Å². The Morgan fingerprint density at radius 1 is 1.25 bits per heavy atom. The van der Waals surface area contributed by atoms with Gasteiger partial charge in [-0.2, -0.15) is 0 Å². The van der Waals surface area contributed by atoms with E-state index in [1.807, 2.05) is 27.0 Å². The number of hydrogen-bond donors (Lipinski definition) is 1. The predicted molar refractivity (Wildman–Crippen MR) is 82.1 cm³/mol. The van der Waals surface area contributed by atoms with Crippen LogP contribution in [0.15, 0.2) is 18.5 Å². The molecule has 0 amide bonds. The molecule has 1 aromatic rings. The second-order valence-electron chi connectivity index (χ2n) is 5.11. The Kier molecular flexibility index (Phi) is 8.23. The van der Waals surface area contributed by atoms with Crippen molar-refractivity contribution in [1.29, 1.82) is 0 Å². The molecule has 0 aromatic carbocycles. The molecule has 0 aliphatic carbocycles. The van der Waals surface area contributed by atoms with Crippen LogP contribution in [0.3, 0.4) is 0 Å². The Balaban J connectivity index is 2.71. The Morgan fingerprint density at radius 2 is 2.05 bits per heavy atom. The van der Waals surface area contributed by atoms with Gasteiger partial charge in [0.05, 0.1) is 12.3 Å². The summed E-state index contributed by atoms with van der Waals surface area (Å²) in [6, 6.07) is 2.34. The highest BCUT2D eigenvalue weighted by Crippen LogP contribution is 2.21. The summed E-state index contributed by atoms with van der Waals surface area (Å²) in [5.41, 5.74) is 1.16. The van der Waals surface area contributed by atoms with E-state index in [-0.39, 0.29) is 12.1 Å². The van der Waals surface area contributed by atoms with Gasteiger partial charge in [-0.15, -0.1) is 0 Å². The first-order valence-electron chi connectivity index (χ1n) is 7.60. The molecule has 1 rings (SSSR count). The first kappa shape index (κ1) is 16.9. The molecule has 0 aliphatic rings. The van der Waals surface area contributed by atoms with Crippen LogP contribution in [0.25, 0.3) is 0 Å². The molecule has 0 aliphatic heterocycles. The van der Waals surface area contributed by atoms with Crippen LogP contribution in [0, 0.1) is 0 Å². The van der Waals surface area contributed by atoms with Gasteiger partial charge < -0.3 is 14.8 Å². The molecular weight excluding hydrogens is 252 g/mol. The van der Waals surface area contributed by atoms with Crippen molar-refractivity contribution in [3.05, 3.63) is 24.0 Å². The fourth-order valence-corrected chi connectivity index (χ4v) is 2.01. The van der Waals surface area contributed by atoms with Crippen molar-refractivity contribution < 1.29 is 9.47 Å². The normalized spacial score (nSPS) is 12.7. The van der Waals surface area contributed by atoms with Crippen LogP contribution >= 0.6 is 0 Å². The van der Waals surface area contributed by atoms with Crippen LogP contribution < -0.4 is 10.1 Å². The smallest absolute Gasteiger partial charge is 0.138 e. The third kappa shape index (κ3) is 6.35. The summed E-state index contributed by atoms with van der Waals surface area (Å²) in [4.78, 5) is 4.29. The average molecular weight is 280 g/mol. The van der Waals surface area contributed by atoms with E-state index in [1.165, 1.54) is 0 Å². The lowest BCUT2D eigenvalue weighted by Crippen LogP contribution is -2.24. The summed E-state index contributed by atoms with van der Waals surface area (Å²) >= 11 is 0. The molecule has 1 N–H and O–H groups in total. The van der Waals surface area contributed by atoms with Gasteiger partial charge in [-0.1, -0.05) is 6.92 Å². The lowest BCUT2D eigenvalue weighted by atomic mass is 10.1. The third-order valence-electron chi connectivity index (χ3n) is 2.90. The van der Waals surface area contributed by atoms with Crippen molar-refractivity contribution >= 4 is 0 Å². The monoisotopic (exact) mass is 280 g/mol. The van der Waals surface area contributed by atoms with Crippen molar-refractivity contribution in [2.45, 2.75) is 52.7 Å². The maximum absolute atomic E-state index is 5.71. The minimum absolute atomic E-state index is 0.164. The fourth-order valence-electron chi connectivity index (χ4n) is 2.01. The van der Waals surface area contributed by atoms with Crippen molar-refractivity contribution in [2.75, 3.05) is 19.8 Å². The summed E-state index contributed by atoms with van der Waals surface area (Å²) in [5, 5.41) is 3.55. The molecule has 114 valence electrons. The van der Waals surface area contributed by atoms with E-state index in [0.29, 0.717) is 0 Å². The van der Waals surface area contributed by atoms with E-state index >= 15 is 0 Å². The highest BCUT2D eigenvalue weighted by molar-refractivity contribution is 5.26. The van der Waals surface area contributed by atoms with Crippen molar-refractivity contribution in [3.8, 4) is 5.75 Å². The Labute approximate surface area is 122 Å². The van der Waals surface area contributed by atoms with Gasteiger partial charge in [0.1, 0.15) is 5.75 Å². The van der Waals surface area contributed by atoms with Crippen LogP contribution in [-0.4, -0.2) is 30.8 Å².